The summed E-state index contributed by atoms with van der Waals surface area (Å²) >= 11 is 2.01. The average Bonchev–Trinajstić information content (AvgIpc) is 2.38. The van der Waals surface area contributed by atoms with E-state index < -0.39 is 5.91 Å². The van der Waals surface area contributed by atoms with Crippen molar-refractivity contribution in [3.8, 4) is 0 Å². The van der Waals surface area contributed by atoms with E-state index in [1.807, 2.05) is 11.8 Å². The van der Waals surface area contributed by atoms with Crippen LogP contribution in [-0.4, -0.2) is 28.9 Å². The zero-order valence-corrected chi connectivity index (χ0v) is 10.5. The number of nitrogens with two attached hydrogens (primary N) is 1. The molecule has 1 aromatic heterocycles. The van der Waals surface area contributed by atoms with Gasteiger partial charge in [-0.15, -0.1) is 0 Å². The number of nitrogens with one attached hydrogen (secondary N) is 1. The molecule has 0 aliphatic carbocycles. The normalized spacial score (nSPS) is 16.7. The lowest BCUT2D eigenvalue weighted by molar-refractivity contribution is 0.100. The smallest absolute Gasteiger partial charge is 0.252 e. The zero-order valence-electron chi connectivity index (χ0n) is 9.69. The summed E-state index contributed by atoms with van der Waals surface area (Å²) in [4.78, 5) is 15.4. The molecule has 3 N–H and O–H groups in total. The minimum atomic E-state index is -0.431. The Morgan fingerprint density at radius 3 is 3.00 bits per heavy atom. The van der Waals surface area contributed by atoms with E-state index in [2.05, 4.69) is 10.3 Å². The molecule has 0 unspecified atom stereocenters. The first-order chi connectivity index (χ1) is 8.27. The quantitative estimate of drug-likeness (QED) is 0.855. The molecule has 0 aromatic carbocycles. The molecule has 1 saturated heterocycles. The summed E-state index contributed by atoms with van der Waals surface area (Å²) < 4.78 is 0. The summed E-state index contributed by atoms with van der Waals surface area (Å²) in [6.45, 7) is 0.873. The molecular formula is C12H17N3OS. The Hall–Kier alpha value is -1.23. The predicted octanol–water partition coefficient (Wildman–Crippen LogP) is 1.74. The molecular weight excluding hydrogens is 234 g/mol. The number of carbonyl (C=O) groups excluding carboxylic acids is 1. The van der Waals surface area contributed by atoms with Crippen LogP contribution in [0.5, 0.6) is 0 Å². The van der Waals surface area contributed by atoms with Gasteiger partial charge in [-0.3, -0.25) is 4.79 Å². The van der Waals surface area contributed by atoms with Crippen molar-refractivity contribution < 1.29 is 4.79 Å². The van der Waals surface area contributed by atoms with Crippen LogP contribution in [0.15, 0.2) is 18.3 Å². The molecule has 1 aromatic rings. The summed E-state index contributed by atoms with van der Waals surface area (Å²) in [6, 6.07) is 3.43. The van der Waals surface area contributed by atoms with E-state index in [0.29, 0.717) is 17.3 Å². The van der Waals surface area contributed by atoms with Crippen molar-refractivity contribution in [2.24, 2.45) is 11.7 Å². The van der Waals surface area contributed by atoms with Crippen molar-refractivity contribution in [3.63, 3.8) is 0 Å². The highest BCUT2D eigenvalue weighted by Gasteiger charge is 2.15. The number of anilines is 1. The molecule has 1 aliphatic rings. The van der Waals surface area contributed by atoms with Crippen LogP contribution in [0.4, 0.5) is 5.82 Å². The Bertz CT molecular complexity index is 391. The number of pyridine rings is 1. The third kappa shape index (κ3) is 3.36. The summed E-state index contributed by atoms with van der Waals surface area (Å²) in [5.41, 5.74) is 5.77. The van der Waals surface area contributed by atoms with Crippen molar-refractivity contribution in [1.82, 2.24) is 4.98 Å². The molecule has 92 valence electrons. The van der Waals surface area contributed by atoms with E-state index in [1.165, 1.54) is 24.3 Å². The highest BCUT2D eigenvalue weighted by molar-refractivity contribution is 7.99. The number of thioether (sulfide) groups is 1. The van der Waals surface area contributed by atoms with Gasteiger partial charge in [-0.25, -0.2) is 4.98 Å². The first-order valence-electron chi connectivity index (χ1n) is 5.84. The van der Waals surface area contributed by atoms with E-state index in [0.717, 1.165) is 6.54 Å². The molecule has 1 aliphatic heterocycles. The van der Waals surface area contributed by atoms with Crippen LogP contribution in [0.25, 0.3) is 0 Å². The molecule has 0 spiro atoms. The zero-order chi connectivity index (χ0) is 12.1. The van der Waals surface area contributed by atoms with Crippen molar-refractivity contribution >= 4 is 23.5 Å². The third-order valence-corrected chi connectivity index (χ3v) is 4.02. The van der Waals surface area contributed by atoms with Crippen LogP contribution in [0.2, 0.25) is 0 Å². The summed E-state index contributed by atoms with van der Waals surface area (Å²) in [7, 11) is 0. The molecule has 0 radical (unpaired) electrons. The van der Waals surface area contributed by atoms with Crippen molar-refractivity contribution in [1.29, 1.82) is 0 Å². The van der Waals surface area contributed by atoms with Gasteiger partial charge in [-0.2, -0.15) is 11.8 Å². The minimum absolute atomic E-state index is 0.431. The number of primary amides is 1. The maximum atomic E-state index is 11.2. The van der Waals surface area contributed by atoms with Gasteiger partial charge in [0.2, 0.25) is 0 Å². The molecule has 5 heteroatoms. The van der Waals surface area contributed by atoms with E-state index >= 15 is 0 Å². The second kappa shape index (κ2) is 5.91. The predicted molar refractivity (Wildman–Crippen MR) is 71.3 cm³/mol. The summed E-state index contributed by atoms with van der Waals surface area (Å²) in [6.07, 6.45) is 4.14. The molecule has 0 atom stereocenters. The SMILES string of the molecule is NC(=O)c1cccnc1NCC1CCSCC1. The first kappa shape index (κ1) is 12.2. The Morgan fingerprint density at radius 1 is 1.53 bits per heavy atom. The minimum Gasteiger partial charge on any atom is -0.369 e. The fraction of sp³-hybridized carbons (Fsp3) is 0.500. The topological polar surface area (TPSA) is 68.0 Å². The Balaban J connectivity index is 1.96. The number of carbonyl (C=O) groups is 1. The Morgan fingerprint density at radius 2 is 2.29 bits per heavy atom. The molecule has 1 amide bonds. The molecule has 2 rings (SSSR count). The fourth-order valence-corrected chi connectivity index (χ4v) is 3.14. The molecule has 2 heterocycles. The van der Waals surface area contributed by atoms with Crippen LogP contribution < -0.4 is 11.1 Å². The maximum Gasteiger partial charge on any atom is 0.252 e. The second-order valence-electron chi connectivity index (χ2n) is 4.20. The van der Waals surface area contributed by atoms with Crippen molar-refractivity contribution in [3.05, 3.63) is 23.9 Å². The third-order valence-electron chi connectivity index (χ3n) is 2.97. The second-order valence-corrected chi connectivity index (χ2v) is 5.43. The number of hydrogen-bond donors (Lipinski definition) is 2. The highest BCUT2D eigenvalue weighted by Crippen LogP contribution is 2.23. The molecule has 1 fully saturated rings. The number of nitrogens with zero attached hydrogens (tertiary/aromatic N) is 1. The van der Waals surface area contributed by atoms with Crippen LogP contribution in [-0.2, 0) is 0 Å². The lowest BCUT2D eigenvalue weighted by atomic mass is 10.0. The van der Waals surface area contributed by atoms with E-state index in [4.69, 9.17) is 5.73 Å². The average molecular weight is 251 g/mol. The number of rotatable bonds is 4. The molecule has 17 heavy (non-hydrogen) atoms. The van der Waals surface area contributed by atoms with E-state index in [9.17, 15) is 4.79 Å². The van der Waals surface area contributed by atoms with Crippen LogP contribution >= 0.6 is 11.8 Å². The van der Waals surface area contributed by atoms with Gasteiger partial charge in [0, 0.05) is 12.7 Å². The van der Waals surface area contributed by atoms with Gasteiger partial charge in [0.25, 0.3) is 5.91 Å². The molecule has 0 bridgehead atoms. The first-order valence-corrected chi connectivity index (χ1v) is 6.99. The lowest BCUT2D eigenvalue weighted by Gasteiger charge is -2.22. The molecule has 4 nitrogen and oxygen atoms in total. The molecule has 0 saturated carbocycles. The Kier molecular flexibility index (Phi) is 4.25. The van der Waals surface area contributed by atoms with Gasteiger partial charge < -0.3 is 11.1 Å². The van der Waals surface area contributed by atoms with Crippen LogP contribution in [0.3, 0.4) is 0 Å². The largest absolute Gasteiger partial charge is 0.369 e. The Labute approximate surface area is 105 Å². The van der Waals surface area contributed by atoms with Gasteiger partial charge in [0.05, 0.1) is 5.56 Å². The van der Waals surface area contributed by atoms with Crippen molar-refractivity contribution in [2.45, 2.75) is 12.8 Å². The van der Waals surface area contributed by atoms with E-state index in [1.54, 1.807) is 18.3 Å². The summed E-state index contributed by atoms with van der Waals surface area (Å²) in [5.74, 6) is 3.33. The standard InChI is InChI=1S/C12H17N3OS/c13-11(16)10-2-1-5-14-12(10)15-8-9-3-6-17-7-4-9/h1-2,5,9H,3-4,6-8H2,(H2,13,16)(H,14,15). The van der Waals surface area contributed by atoms with Gasteiger partial charge in [0.1, 0.15) is 5.82 Å². The van der Waals surface area contributed by atoms with Gasteiger partial charge >= 0.3 is 0 Å². The number of aromatic nitrogens is 1. The highest BCUT2D eigenvalue weighted by atomic mass is 32.2. The van der Waals surface area contributed by atoms with Crippen LogP contribution in [0, 0.1) is 5.92 Å². The number of amides is 1. The maximum absolute atomic E-state index is 11.2. The van der Waals surface area contributed by atoms with E-state index in [-0.39, 0.29) is 0 Å². The van der Waals surface area contributed by atoms with Crippen LogP contribution in [0.1, 0.15) is 23.2 Å². The summed E-state index contributed by atoms with van der Waals surface area (Å²) in [5, 5.41) is 3.24. The fourth-order valence-electron chi connectivity index (χ4n) is 1.94. The monoisotopic (exact) mass is 251 g/mol. The lowest BCUT2D eigenvalue weighted by Crippen LogP contribution is -2.22. The number of hydrogen-bond acceptors (Lipinski definition) is 4. The van der Waals surface area contributed by atoms with Gasteiger partial charge in [-0.05, 0) is 42.4 Å². The van der Waals surface area contributed by atoms with Gasteiger partial charge in [0.15, 0.2) is 0 Å². The van der Waals surface area contributed by atoms with Crippen molar-refractivity contribution in [2.75, 3.05) is 23.4 Å². The van der Waals surface area contributed by atoms with Gasteiger partial charge in [-0.1, -0.05) is 0 Å².